The molecule has 1 aromatic heterocycles. The smallest absolute Gasteiger partial charge is 0.0909 e. The highest BCUT2D eigenvalue weighted by molar-refractivity contribution is 6.40. The monoisotopic (exact) mass is 265 g/mol. The van der Waals surface area contributed by atoms with E-state index < -0.39 is 0 Å². The van der Waals surface area contributed by atoms with Gasteiger partial charge >= 0.3 is 0 Å². The molecule has 0 amide bonds. The second-order valence-electron chi connectivity index (χ2n) is 4.65. The predicted molar refractivity (Wildman–Crippen MR) is 73.1 cm³/mol. The lowest BCUT2D eigenvalue weighted by molar-refractivity contribution is 0.671. The van der Waals surface area contributed by atoms with E-state index in [4.69, 9.17) is 28.2 Å². The van der Waals surface area contributed by atoms with Crippen LogP contribution in [0.2, 0.25) is 10.0 Å². The molecule has 3 heteroatoms. The van der Waals surface area contributed by atoms with Crippen molar-refractivity contribution < 1.29 is 0 Å². The molecule has 0 N–H and O–H groups in total. The van der Waals surface area contributed by atoms with Gasteiger partial charge in [0.1, 0.15) is 0 Å². The Bertz CT molecular complexity index is 605. The number of fused-ring (bicyclic) bond motifs is 2. The highest BCUT2D eigenvalue weighted by Gasteiger charge is 2.18. The van der Waals surface area contributed by atoms with Gasteiger partial charge in [0.05, 0.1) is 15.6 Å². The third-order valence-corrected chi connectivity index (χ3v) is 4.23. The second-order valence-corrected chi connectivity index (χ2v) is 5.43. The first-order chi connectivity index (χ1) is 8.18. The van der Waals surface area contributed by atoms with Gasteiger partial charge in [-0.05, 0) is 49.8 Å². The Hall–Kier alpha value is -0.790. The molecular formula is C14H13Cl2N. The van der Waals surface area contributed by atoms with Gasteiger partial charge in [0.15, 0.2) is 0 Å². The maximum atomic E-state index is 6.54. The Labute approximate surface area is 111 Å². The summed E-state index contributed by atoms with van der Waals surface area (Å²) in [6.07, 6.45) is 4.48. The van der Waals surface area contributed by atoms with E-state index in [0.717, 1.165) is 40.0 Å². The van der Waals surface area contributed by atoms with Crippen LogP contribution in [-0.4, -0.2) is 4.98 Å². The zero-order valence-corrected chi connectivity index (χ0v) is 11.2. The Kier molecular flexibility index (Phi) is 2.76. The molecule has 0 bridgehead atoms. The number of rotatable bonds is 0. The largest absolute Gasteiger partial charge is 0.251 e. The minimum Gasteiger partial charge on any atom is -0.251 e. The van der Waals surface area contributed by atoms with Crippen LogP contribution >= 0.6 is 23.2 Å². The van der Waals surface area contributed by atoms with Crippen molar-refractivity contribution in [2.45, 2.75) is 32.6 Å². The molecule has 0 unspecified atom stereocenters. The van der Waals surface area contributed by atoms with Crippen molar-refractivity contribution in [3.8, 4) is 0 Å². The fourth-order valence-electron chi connectivity index (χ4n) is 2.59. The molecule has 0 atom stereocenters. The quantitative estimate of drug-likeness (QED) is 0.671. The van der Waals surface area contributed by atoms with Crippen molar-refractivity contribution in [1.82, 2.24) is 4.98 Å². The fraction of sp³-hybridized carbons (Fsp3) is 0.357. The first-order valence-electron chi connectivity index (χ1n) is 5.94. The van der Waals surface area contributed by atoms with Crippen molar-refractivity contribution in [3.63, 3.8) is 0 Å². The molecule has 1 aliphatic carbocycles. The molecule has 1 aliphatic rings. The summed E-state index contributed by atoms with van der Waals surface area (Å²) in [6, 6.07) is 3.91. The topological polar surface area (TPSA) is 12.9 Å². The highest BCUT2D eigenvalue weighted by atomic mass is 35.5. The lowest BCUT2D eigenvalue weighted by Gasteiger charge is -2.19. The molecular weight excluding hydrogens is 253 g/mol. The number of hydrogen-bond donors (Lipinski definition) is 0. The van der Waals surface area contributed by atoms with Gasteiger partial charge in [0.2, 0.25) is 0 Å². The van der Waals surface area contributed by atoms with Crippen LogP contribution in [0.15, 0.2) is 12.1 Å². The number of benzene rings is 1. The summed E-state index contributed by atoms with van der Waals surface area (Å²) in [5.41, 5.74) is 4.38. The van der Waals surface area contributed by atoms with Crippen LogP contribution in [0.3, 0.4) is 0 Å². The first kappa shape index (κ1) is 11.3. The summed E-state index contributed by atoms with van der Waals surface area (Å²) in [5.74, 6) is 0. The lowest BCUT2D eigenvalue weighted by atomic mass is 9.93. The predicted octanol–water partition coefficient (Wildman–Crippen LogP) is 4.73. The third-order valence-electron chi connectivity index (χ3n) is 3.51. The zero-order valence-electron chi connectivity index (χ0n) is 9.69. The summed E-state index contributed by atoms with van der Waals surface area (Å²) in [7, 11) is 0. The van der Waals surface area contributed by atoms with Gasteiger partial charge in [0, 0.05) is 11.1 Å². The van der Waals surface area contributed by atoms with Crippen LogP contribution < -0.4 is 0 Å². The van der Waals surface area contributed by atoms with Crippen molar-refractivity contribution in [2.24, 2.45) is 0 Å². The third kappa shape index (κ3) is 1.73. The highest BCUT2D eigenvalue weighted by Crippen LogP contribution is 2.36. The molecule has 88 valence electrons. The number of halogens is 2. The van der Waals surface area contributed by atoms with E-state index in [0.29, 0.717) is 5.02 Å². The summed E-state index contributed by atoms with van der Waals surface area (Å²) in [6.45, 7) is 2.06. The number of pyridine rings is 1. The van der Waals surface area contributed by atoms with Gasteiger partial charge in [-0.1, -0.05) is 29.3 Å². The van der Waals surface area contributed by atoms with Crippen molar-refractivity contribution in [2.75, 3.05) is 0 Å². The van der Waals surface area contributed by atoms with Crippen LogP contribution in [0.1, 0.15) is 29.7 Å². The van der Waals surface area contributed by atoms with Gasteiger partial charge in [-0.15, -0.1) is 0 Å². The zero-order chi connectivity index (χ0) is 12.0. The van der Waals surface area contributed by atoms with Gasteiger partial charge in [0.25, 0.3) is 0 Å². The average molecular weight is 266 g/mol. The Balaban J connectivity index is 2.44. The molecule has 1 aromatic carbocycles. The number of nitrogens with zero attached hydrogens (tertiary/aromatic N) is 1. The van der Waals surface area contributed by atoms with Crippen molar-refractivity contribution >= 4 is 34.1 Å². The van der Waals surface area contributed by atoms with Crippen molar-refractivity contribution in [1.29, 1.82) is 0 Å². The molecule has 0 saturated carbocycles. The van der Waals surface area contributed by atoms with Crippen LogP contribution in [-0.2, 0) is 12.8 Å². The number of hydrogen-bond acceptors (Lipinski definition) is 1. The second kappa shape index (κ2) is 4.15. The standard InChI is InChI=1S/C14H13Cl2N/c1-8-6-7-10(15)14-12(8)13(16)9-4-2-3-5-11(9)17-14/h6-7H,2-5H2,1H3. The molecule has 0 fully saturated rings. The molecule has 17 heavy (non-hydrogen) atoms. The van der Waals surface area contributed by atoms with Crippen molar-refractivity contribution in [3.05, 3.63) is 39.0 Å². The summed E-state index contributed by atoms with van der Waals surface area (Å²) in [5, 5.41) is 2.59. The van der Waals surface area contributed by atoms with Crippen LogP contribution in [0.25, 0.3) is 10.9 Å². The van der Waals surface area contributed by atoms with Crippen LogP contribution in [0.4, 0.5) is 0 Å². The van der Waals surface area contributed by atoms with E-state index in [1.165, 1.54) is 18.4 Å². The van der Waals surface area contributed by atoms with Gasteiger partial charge < -0.3 is 0 Å². The molecule has 1 nitrogen and oxygen atoms in total. The van der Waals surface area contributed by atoms with Gasteiger partial charge in [-0.25, -0.2) is 0 Å². The molecule has 0 spiro atoms. The Morgan fingerprint density at radius 3 is 2.71 bits per heavy atom. The molecule has 0 saturated heterocycles. The summed E-state index contributed by atoms with van der Waals surface area (Å²) >= 11 is 12.8. The van der Waals surface area contributed by atoms with Gasteiger partial charge in [-0.2, -0.15) is 0 Å². The number of aromatic nitrogens is 1. The molecule has 0 aliphatic heterocycles. The minimum absolute atomic E-state index is 0.695. The minimum atomic E-state index is 0.695. The van der Waals surface area contributed by atoms with Crippen LogP contribution in [0, 0.1) is 6.92 Å². The van der Waals surface area contributed by atoms with E-state index in [1.807, 2.05) is 12.1 Å². The van der Waals surface area contributed by atoms with Gasteiger partial charge in [-0.3, -0.25) is 4.98 Å². The first-order valence-corrected chi connectivity index (χ1v) is 6.70. The fourth-order valence-corrected chi connectivity index (χ4v) is 3.23. The average Bonchev–Trinajstić information content (AvgIpc) is 2.34. The molecule has 3 rings (SSSR count). The maximum absolute atomic E-state index is 6.54. The van der Waals surface area contributed by atoms with Crippen LogP contribution in [0.5, 0.6) is 0 Å². The van der Waals surface area contributed by atoms with E-state index >= 15 is 0 Å². The number of aryl methyl sites for hydroxylation is 2. The lowest BCUT2D eigenvalue weighted by Crippen LogP contribution is -2.07. The molecule has 0 radical (unpaired) electrons. The van der Waals surface area contributed by atoms with E-state index in [9.17, 15) is 0 Å². The summed E-state index contributed by atoms with van der Waals surface area (Å²) in [4.78, 5) is 4.72. The Morgan fingerprint density at radius 2 is 1.88 bits per heavy atom. The normalized spacial score (nSPS) is 15.0. The van der Waals surface area contributed by atoms with E-state index in [1.54, 1.807) is 0 Å². The SMILES string of the molecule is Cc1ccc(Cl)c2nc3c(c(Cl)c12)CCCC3. The maximum Gasteiger partial charge on any atom is 0.0909 e. The van der Waals surface area contributed by atoms with E-state index in [2.05, 4.69) is 6.92 Å². The Morgan fingerprint density at radius 1 is 1.12 bits per heavy atom. The van der Waals surface area contributed by atoms with E-state index in [-0.39, 0.29) is 0 Å². The summed E-state index contributed by atoms with van der Waals surface area (Å²) < 4.78 is 0. The molecule has 2 aromatic rings. The molecule has 1 heterocycles.